The largest absolute Gasteiger partial charge is 0.311 e. The van der Waals surface area contributed by atoms with Crippen LogP contribution < -0.4 is 5.32 Å². The molecule has 0 aromatic carbocycles. The molecule has 108 valence electrons. The van der Waals surface area contributed by atoms with Crippen molar-refractivity contribution < 1.29 is 0 Å². The lowest BCUT2D eigenvalue weighted by molar-refractivity contribution is 0.128. The zero-order valence-corrected chi connectivity index (χ0v) is 12.4. The summed E-state index contributed by atoms with van der Waals surface area (Å²) in [6, 6.07) is 7.35. The summed E-state index contributed by atoms with van der Waals surface area (Å²) in [5.74, 6) is 0. The summed E-state index contributed by atoms with van der Waals surface area (Å²) in [6.07, 6.45) is 6.72. The summed E-state index contributed by atoms with van der Waals surface area (Å²) in [5.41, 5.74) is 2.20. The monoisotopic (exact) mass is 272 g/mol. The molecule has 0 amide bonds. The quantitative estimate of drug-likeness (QED) is 0.927. The first kappa shape index (κ1) is 13.6. The van der Waals surface area contributed by atoms with Gasteiger partial charge in [-0.1, -0.05) is 19.4 Å². The number of pyridine rings is 1. The molecule has 1 N–H and O–H groups in total. The second-order valence-electron chi connectivity index (χ2n) is 5.87. The summed E-state index contributed by atoms with van der Waals surface area (Å²) < 4.78 is 2.10. The molecule has 2 aromatic rings. The van der Waals surface area contributed by atoms with Gasteiger partial charge in [0.1, 0.15) is 5.65 Å². The van der Waals surface area contributed by atoms with Crippen molar-refractivity contribution in [1.82, 2.24) is 19.6 Å². The van der Waals surface area contributed by atoms with Crippen LogP contribution in [0.5, 0.6) is 0 Å². The summed E-state index contributed by atoms with van der Waals surface area (Å²) in [5, 5.41) is 3.64. The van der Waals surface area contributed by atoms with Gasteiger partial charge in [0.2, 0.25) is 0 Å². The Morgan fingerprint density at radius 3 is 3.10 bits per heavy atom. The predicted octanol–water partition coefficient (Wildman–Crippen LogP) is 2.30. The molecule has 0 aliphatic carbocycles. The van der Waals surface area contributed by atoms with Crippen molar-refractivity contribution in [3.63, 3.8) is 0 Å². The van der Waals surface area contributed by atoms with Crippen molar-refractivity contribution in [3.8, 4) is 0 Å². The van der Waals surface area contributed by atoms with E-state index < -0.39 is 0 Å². The van der Waals surface area contributed by atoms with Crippen LogP contribution >= 0.6 is 0 Å². The fourth-order valence-corrected chi connectivity index (χ4v) is 3.03. The Hall–Kier alpha value is -1.39. The van der Waals surface area contributed by atoms with E-state index in [1.165, 1.54) is 18.5 Å². The molecular formula is C16H24N4. The lowest BCUT2D eigenvalue weighted by atomic mass is 10.1. The minimum absolute atomic E-state index is 0.577. The number of hydrogen-bond acceptors (Lipinski definition) is 3. The molecular weight excluding hydrogens is 248 g/mol. The fraction of sp³-hybridized carbons (Fsp3) is 0.562. The average molecular weight is 272 g/mol. The van der Waals surface area contributed by atoms with Crippen molar-refractivity contribution in [3.05, 3.63) is 36.3 Å². The molecule has 0 saturated carbocycles. The molecule has 0 spiro atoms. The molecule has 4 nitrogen and oxygen atoms in total. The topological polar surface area (TPSA) is 32.6 Å². The number of fused-ring (bicyclic) bond motifs is 1. The number of nitrogens with zero attached hydrogens (tertiary/aromatic N) is 3. The molecule has 3 heterocycles. The Bertz CT molecular complexity index is 529. The van der Waals surface area contributed by atoms with Crippen LogP contribution in [0.3, 0.4) is 0 Å². The van der Waals surface area contributed by atoms with Gasteiger partial charge < -0.3 is 9.72 Å². The van der Waals surface area contributed by atoms with Crippen LogP contribution in [-0.2, 0) is 6.54 Å². The third kappa shape index (κ3) is 2.86. The van der Waals surface area contributed by atoms with Gasteiger partial charge in [0.25, 0.3) is 0 Å². The van der Waals surface area contributed by atoms with Crippen molar-refractivity contribution in [1.29, 1.82) is 0 Å². The van der Waals surface area contributed by atoms with E-state index in [0.717, 1.165) is 25.3 Å². The SMILES string of the molecule is CCCC1CN(Cc2cn3ccccc3n2)C(C)CN1. The molecule has 1 fully saturated rings. The smallest absolute Gasteiger partial charge is 0.137 e. The summed E-state index contributed by atoms with van der Waals surface area (Å²) >= 11 is 0. The van der Waals surface area contributed by atoms with Gasteiger partial charge in [-0.05, 0) is 25.5 Å². The van der Waals surface area contributed by atoms with Gasteiger partial charge in [0.05, 0.1) is 5.69 Å². The van der Waals surface area contributed by atoms with Crippen molar-refractivity contribution in [2.24, 2.45) is 0 Å². The van der Waals surface area contributed by atoms with Gasteiger partial charge in [0.15, 0.2) is 0 Å². The molecule has 2 aromatic heterocycles. The molecule has 1 aliphatic heterocycles. The van der Waals surface area contributed by atoms with Gasteiger partial charge in [-0.2, -0.15) is 0 Å². The highest BCUT2D eigenvalue weighted by atomic mass is 15.2. The Kier molecular flexibility index (Phi) is 4.03. The van der Waals surface area contributed by atoms with Crippen molar-refractivity contribution in [2.75, 3.05) is 13.1 Å². The standard InChI is InChI=1S/C16H24N4/c1-3-6-14-10-20(13(2)9-17-14)12-15-11-19-8-5-4-7-16(19)18-15/h4-5,7-8,11,13-14,17H,3,6,9-10,12H2,1-2H3. The molecule has 2 atom stereocenters. The van der Waals surface area contributed by atoms with Gasteiger partial charge >= 0.3 is 0 Å². The minimum atomic E-state index is 0.577. The minimum Gasteiger partial charge on any atom is -0.311 e. The van der Waals surface area contributed by atoms with Crippen molar-refractivity contribution >= 4 is 5.65 Å². The molecule has 0 bridgehead atoms. The molecule has 4 heteroatoms. The van der Waals surface area contributed by atoms with Crippen LogP contribution in [0, 0.1) is 0 Å². The van der Waals surface area contributed by atoms with Crippen LogP contribution in [0.4, 0.5) is 0 Å². The molecule has 1 saturated heterocycles. The molecule has 20 heavy (non-hydrogen) atoms. The Balaban J connectivity index is 1.71. The van der Waals surface area contributed by atoms with E-state index in [2.05, 4.69) is 46.9 Å². The number of aromatic nitrogens is 2. The Labute approximate surface area is 120 Å². The second kappa shape index (κ2) is 5.94. The molecule has 0 radical (unpaired) electrons. The van der Waals surface area contributed by atoms with Crippen molar-refractivity contribution in [2.45, 2.75) is 45.3 Å². The maximum absolute atomic E-state index is 4.71. The molecule has 3 rings (SSSR count). The third-order valence-corrected chi connectivity index (χ3v) is 4.20. The first-order valence-electron chi connectivity index (χ1n) is 7.66. The first-order chi connectivity index (χ1) is 9.76. The number of nitrogens with one attached hydrogen (secondary N) is 1. The number of imidazole rings is 1. The number of piperazine rings is 1. The van der Waals surface area contributed by atoms with Crippen LogP contribution in [0.1, 0.15) is 32.4 Å². The maximum Gasteiger partial charge on any atom is 0.137 e. The highest BCUT2D eigenvalue weighted by molar-refractivity contribution is 5.39. The second-order valence-corrected chi connectivity index (χ2v) is 5.87. The highest BCUT2D eigenvalue weighted by Crippen LogP contribution is 2.14. The lowest BCUT2D eigenvalue weighted by Crippen LogP contribution is -2.54. The molecule has 2 unspecified atom stereocenters. The zero-order chi connectivity index (χ0) is 13.9. The average Bonchev–Trinajstić information content (AvgIpc) is 2.85. The predicted molar refractivity (Wildman–Crippen MR) is 81.8 cm³/mol. The number of hydrogen-bond donors (Lipinski definition) is 1. The summed E-state index contributed by atoms with van der Waals surface area (Å²) in [4.78, 5) is 7.27. The van der Waals surface area contributed by atoms with E-state index in [-0.39, 0.29) is 0 Å². The lowest BCUT2D eigenvalue weighted by Gasteiger charge is -2.38. The van der Waals surface area contributed by atoms with E-state index in [1.54, 1.807) is 0 Å². The van der Waals surface area contributed by atoms with Crippen LogP contribution in [-0.4, -0.2) is 39.5 Å². The van der Waals surface area contributed by atoms with Crippen LogP contribution in [0.25, 0.3) is 5.65 Å². The first-order valence-corrected chi connectivity index (χ1v) is 7.66. The van der Waals surface area contributed by atoms with Gasteiger partial charge in [-0.3, -0.25) is 4.90 Å². The van der Waals surface area contributed by atoms with E-state index in [0.29, 0.717) is 12.1 Å². The van der Waals surface area contributed by atoms with Gasteiger partial charge in [0, 0.05) is 44.1 Å². The summed E-state index contributed by atoms with van der Waals surface area (Å²) in [7, 11) is 0. The van der Waals surface area contributed by atoms with Crippen LogP contribution in [0.2, 0.25) is 0 Å². The third-order valence-electron chi connectivity index (χ3n) is 4.20. The van der Waals surface area contributed by atoms with Gasteiger partial charge in [-0.25, -0.2) is 4.98 Å². The Morgan fingerprint density at radius 1 is 1.40 bits per heavy atom. The molecule has 1 aliphatic rings. The maximum atomic E-state index is 4.71. The van der Waals surface area contributed by atoms with E-state index in [1.807, 2.05) is 12.1 Å². The normalized spacial score (nSPS) is 24.3. The zero-order valence-electron chi connectivity index (χ0n) is 12.4. The van der Waals surface area contributed by atoms with Crippen LogP contribution in [0.15, 0.2) is 30.6 Å². The number of rotatable bonds is 4. The highest BCUT2D eigenvalue weighted by Gasteiger charge is 2.24. The van der Waals surface area contributed by atoms with Gasteiger partial charge in [-0.15, -0.1) is 0 Å². The fourth-order valence-electron chi connectivity index (χ4n) is 3.03. The van der Waals surface area contributed by atoms with E-state index in [9.17, 15) is 0 Å². The van der Waals surface area contributed by atoms with E-state index >= 15 is 0 Å². The van der Waals surface area contributed by atoms with E-state index in [4.69, 9.17) is 4.98 Å². The Morgan fingerprint density at radius 2 is 2.30 bits per heavy atom. The summed E-state index contributed by atoms with van der Waals surface area (Å²) in [6.45, 7) is 7.71.